The Morgan fingerprint density at radius 3 is 2.34 bits per heavy atom. The first kappa shape index (κ1) is 23.9. The van der Waals surface area contributed by atoms with Gasteiger partial charge in [-0.05, 0) is 60.9 Å². The van der Waals surface area contributed by atoms with E-state index in [1.165, 1.54) is 11.8 Å². The first-order valence-electron chi connectivity index (χ1n) is 11.7. The third-order valence-corrected chi connectivity index (χ3v) is 6.61. The number of aromatic nitrogens is 1. The molecule has 4 rings (SSSR count). The molecule has 3 unspecified atom stereocenters. The molecule has 1 aliphatic rings. The van der Waals surface area contributed by atoms with Gasteiger partial charge in [-0.25, -0.2) is 4.98 Å². The van der Waals surface area contributed by atoms with Crippen molar-refractivity contribution in [1.82, 2.24) is 15.6 Å². The van der Waals surface area contributed by atoms with E-state index in [1.807, 2.05) is 30.3 Å². The molecule has 1 aromatic heterocycles. The second-order valence-electron chi connectivity index (χ2n) is 8.78. The third-order valence-electron chi connectivity index (χ3n) is 6.61. The summed E-state index contributed by atoms with van der Waals surface area (Å²) in [7, 11) is 2.07. The van der Waals surface area contributed by atoms with E-state index in [9.17, 15) is 10.1 Å². The lowest BCUT2D eigenvalue weighted by atomic mass is 9.83. The van der Waals surface area contributed by atoms with Crippen molar-refractivity contribution in [3.63, 3.8) is 0 Å². The number of hydrogen-bond donors (Lipinski definition) is 2. The fourth-order valence-corrected chi connectivity index (χ4v) is 4.53. The number of nitrogens with one attached hydrogen (secondary N) is 2. The number of amides is 1. The van der Waals surface area contributed by atoms with Crippen molar-refractivity contribution in [3.05, 3.63) is 94.8 Å². The van der Waals surface area contributed by atoms with Gasteiger partial charge in [-0.3, -0.25) is 4.79 Å². The summed E-state index contributed by atoms with van der Waals surface area (Å²) in [6, 6.07) is 23.8. The molecule has 2 aromatic carbocycles. The van der Waals surface area contributed by atoms with Crippen molar-refractivity contribution in [2.45, 2.75) is 31.3 Å². The highest BCUT2D eigenvalue weighted by Crippen LogP contribution is 2.33. The van der Waals surface area contributed by atoms with Crippen molar-refractivity contribution in [3.8, 4) is 12.1 Å². The highest BCUT2D eigenvalue weighted by atomic mass is 16.1. The lowest BCUT2D eigenvalue weighted by Gasteiger charge is -2.26. The maximum Gasteiger partial charge on any atom is 0.253 e. The average Bonchev–Trinajstić information content (AvgIpc) is 3.36. The van der Waals surface area contributed by atoms with Crippen LogP contribution in [-0.2, 0) is 0 Å². The van der Waals surface area contributed by atoms with Gasteiger partial charge in [0.05, 0.1) is 17.2 Å². The summed E-state index contributed by atoms with van der Waals surface area (Å²) >= 11 is 0. The molecule has 1 aliphatic heterocycles. The van der Waals surface area contributed by atoms with Crippen molar-refractivity contribution in [2.24, 2.45) is 0 Å². The van der Waals surface area contributed by atoms with Crippen LogP contribution in [0.3, 0.4) is 0 Å². The van der Waals surface area contributed by atoms with Gasteiger partial charge in [-0.1, -0.05) is 24.3 Å². The second kappa shape index (κ2) is 10.8. The van der Waals surface area contributed by atoms with Crippen LogP contribution < -0.4 is 15.5 Å². The highest BCUT2D eigenvalue weighted by Gasteiger charge is 2.33. The topological polar surface area (TPSA) is 105 Å². The molecule has 0 saturated carbocycles. The predicted molar refractivity (Wildman–Crippen MR) is 135 cm³/mol. The van der Waals surface area contributed by atoms with E-state index in [0.29, 0.717) is 17.7 Å². The van der Waals surface area contributed by atoms with Crippen LogP contribution in [0, 0.1) is 22.7 Å². The average molecular weight is 465 g/mol. The summed E-state index contributed by atoms with van der Waals surface area (Å²) < 4.78 is 0. The first-order valence-corrected chi connectivity index (χ1v) is 11.7. The zero-order chi connectivity index (χ0) is 24.8. The number of pyridine rings is 1. The van der Waals surface area contributed by atoms with Gasteiger partial charge < -0.3 is 15.5 Å². The summed E-state index contributed by atoms with van der Waals surface area (Å²) in [5, 5.41) is 24.8. The van der Waals surface area contributed by atoms with Gasteiger partial charge in [-0.2, -0.15) is 10.5 Å². The molecule has 2 N–H and O–H groups in total. The highest BCUT2D eigenvalue weighted by molar-refractivity contribution is 5.94. The van der Waals surface area contributed by atoms with Crippen LogP contribution in [0.1, 0.15) is 52.0 Å². The largest absolute Gasteiger partial charge is 0.375 e. The van der Waals surface area contributed by atoms with E-state index in [0.717, 1.165) is 24.2 Å². The Balaban J connectivity index is 1.54. The summed E-state index contributed by atoms with van der Waals surface area (Å²) in [6.45, 7) is 3.71. The van der Waals surface area contributed by atoms with Crippen LogP contribution in [0.25, 0.3) is 0 Å². The maximum absolute atomic E-state index is 12.7. The molecule has 2 heterocycles. The number of rotatable bonds is 7. The zero-order valence-electron chi connectivity index (χ0n) is 19.9. The van der Waals surface area contributed by atoms with Crippen LogP contribution in [0.5, 0.6) is 0 Å². The molecule has 7 nitrogen and oxygen atoms in total. The molecule has 3 atom stereocenters. The number of nitrogens with zero attached hydrogens (tertiary/aromatic N) is 4. The van der Waals surface area contributed by atoms with Crippen molar-refractivity contribution < 1.29 is 4.79 Å². The Labute approximate surface area is 206 Å². The molecule has 1 fully saturated rings. The molecule has 1 amide bonds. The summed E-state index contributed by atoms with van der Waals surface area (Å²) in [4.78, 5) is 18.9. The molecule has 0 spiro atoms. The molecule has 176 valence electrons. The number of nitriles is 2. The van der Waals surface area contributed by atoms with Gasteiger partial charge in [0.25, 0.3) is 5.91 Å². The first-order chi connectivity index (χ1) is 17.0. The molecule has 0 bridgehead atoms. The van der Waals surface area contributed by atoms with E-state index in [-0.39, 0.29) is 29.6 Å². The van der Waals surface area contributed by atoms with Crippen LogP contribution in [0.15, 0.2) is 66.9 Å². The SMILES string of the molecule is CCN(C)c1ccc(C(c2ccc(C#N)cc2)C2CC(NC(=O)c3ccc(C#N)nc3)CN2)cc1. The van der Waals surface area contributed by atoms with Crippen LogP contribution in [0.2, 0.25) is 0 Å². The van der Waals surface area contributed by atoms with E-state index in [4.69, 9.17) is 5.26 Å². The van der Waals surface area contributed by atoms with Crippen LogP contribution in [-0.4, -0.2) is 43.1 Å². The van der Waals surface area contributed by atoms with Gasteiger partial charge >= 0.3 is 0 Å². The smallest absolute Gasteiger partial charge is 0.253 e. The standard InChI is InChI=1S/C28H28N6O/c1-3-34(2)25-12-9-21(10-13-25)27(20-6-4-19(15-29)5-7-20)26-14-24(18-32-26)33-28(35)22-8-11-23(16-30)31-17-22/h4-13,17,24,26-27,32H,3,14,18H2,1-2H3,(H,33,35). The minimum Gasteiger partial charge on any atom is -0.375 e. The Morgan fingerprint density at radius 1 is 1.09 bits per heavy atom. The van der Waals surface area contributed by atoms with E-state index in [1.54, 1.807) is 12.1 Å². The molecule has 3 aromatic rings. The fourth-order valence-electron chi connectivity index (χ4n) is 4.53. The number of anilines is 1. The van der Waals surface area contributed by atoms with Gasteiger partial charge in [-0.15, -0.1) is 0 Å². The quantitative estimate of drug-likeness (QED) is 0.554. The maximum atomic E-state index is 12.7. The van der Waals surface area contributed by atoms with Gasteiger partial charge in [0.15, 0.2) is 0 Å². The lowest BCUT2D eigenvalue weighted by molar-refractivity contribution is 0.0939. The Hall–Kier alpha value is -4.20. The predicted octanol–water partition coefficient (Wildman–Crippen LogP) is 3.57. The Morgan fingerprint density at radius 2 is 1.77 bits per heavy atom. The van der Waals surface area contributed by atoms with E-state index in [2.05, 4.69) is 64.8 Å². The summed E-state index contributed by atoms with van der Waals surface area (Å²) in [5.41, 5.74) is 4.82. The van der Waals surface area contributed by atoms with Gasteiger partial charge in [0.1, 0.15) is 11.8 Å². The van der Waals surface area contributed by atoms with Gasteiger partial charge in [0, 0.05) is 50.0 Å². The molecular weight excluding hydrogens is 436 g/mol. The number of carbonyl (C=O) groups is 1. The van der Waals surface area contributed by atoms with E-state index < -0.39 is 0 Å². The van der Waals surface area contributed by atoms with Crippen molar-refractivity contribution in [1.29, 1.82) is 10.5 Å². The minimum atomic E-state index is -0.198. The summed E-state index contributed by atoms with van der Waals surface area (Å²) in [5.74, 6) is -0.126. The van der Waals surface area contributed by atoms with Crippen LogP contribution in [0.4, 0.5) is 5.69 Å². The molecular formula is C28H28N6O. The van der Waals surface area contributed by atoms with Crippen molar-refractivity contribution in [2.75, 3.05) is 25.0 Å². The molecule has 35 heavy (non-hydrogen) atoms. The van der Waals surface area contributed by atoms with Gasteiger partial charge in [0.2, 0.25) is 0 Å². The number of carbonyl (C=O) groups excluding carboxylic acids is 1. The number of benzene rings is 2. The summed E-state index contributed by atoms with van der Waals surface area (Å²) in [6.07, 6.45) is 2.19. The number of hydrogen-bond acceptors (Lipinski definition) is 6. The molecule has 0 aliphatic carbocycles. The molecule has 0 radical (unpaired) electrons. The normalized spacial score (nSPS) is 17.7. The van der Waals surface area contributed by atoms with Crippen LogP contribution >= 0.6 is 0 Å². The minimum absolute atomic E-state index is 0.0328. The Bertz CT molecular complexity index is 1240. The second-order valence-corrected chi connectivity index (χ2v) is 8.78. The molecule has 7 heteroatoms. The zero-order valence-corrected chi connectivity index (χ0v) is 19.9. The van der Waals surface area contributed by atoms with E-state index >= 15 is 0 Å². The third kappa shape index (κ3) is 5.48. The lowest BCUT2D eigenvalue weighted by Crippen LogP contribution is -2.36. The van der Waals surface area contributed by atoms with Crippen molar-refractivity contribution >= 4 is 11.6 Å². The fraction of sp³-hybridized carbons (Fsp3) is 0.286. The monoisotopic (exact) mass is 464 g/mol. The molecule has 1 saturated heterocycles. The Kier molecular flexibility index (Phi) is 7.40.